The fraction of sp³-hybridized carbons (Fsp3) is 1.00. The first-order valence-corrected chi connectivity index (χ1v) is 6.97. The summed E-state index contributed by atoms with van der Waals surface area (Å²) in [5, 5.41) is 3.59. The van der Waals surface area contributed by atoms with Crippen LogP contribution in [0.25, 0.3) is 0 Å². The highest BCUT2D eigenvalue weighted by Crippen LogP contribution is 2.34. The Kier molecular flexibility index (Phi) is 6.37. The molecule has 0 saturated carbocycles. The summed E-state index contributed by atoms with van der Waals surface area (Å²) < 4.78 is 5.71. The van der Waals surface area contributed by atoms with Gasteiger partial charge in [-0.05, 0) is 38.1 Å². The van der Waals surface area contributed by atoms with Gasteiger partial charge in [-0.3, -0.25) is 0 Å². The van der Waals surface area contributed by atoms with E-state index in [2.05, 4.69) is 26.1 Å². The minimum Gasteiger partial charge on any atom is -0.381 e. The van der Waals surface area contributed by atoms with Gasteiger partial charge in [0.15, 0.2) is 0 Å². The molecule has 0 radical (unpaired) electrons. The lowest BCUT2D eigenvalue weighted by molar-refractivity contribution is -0.0144. The van der Waals surface area contributed by atoms with Crippen molar-refractivity contribution in [2.24, 2.45) is 11.3 Å². The summed E-state index contributed by atoms with van der Waals surface area (Å²) in [5.74, 6) is 0.810. The number of ether oxygens (including phenoxy) is 1. The van der Waals surface area contributed by atoms with Crippen molar-refractivity contribution < 1.29 is 4.74 Å². The van der Waals surface area contributed by atoms with Crippen molar-refractivity contribution in [3.63, 3.8) is 0 Å². The Morgan fingerprint density at radius 1 is 1.38 bits per heavy atom. The average molecular weight is 227 g/mol. The Labute approximate surface area is 101 Å². The predicted octanol–water partition coefficient (Wildman–Crippen LogP) is 3.22. The van der Waals surface area contributed by atoms with Gasteiger partial charge < -0.3 is 10.1 Å². The van der Waals surface area contributed by atoms with Crippen LogP contribution in [0.4, 0.5) is 0 Å². The largest absolute Gasteiger partial charge is 0.381 e. The lowest BCUT2D eigenvalue weighted by Gasteiger charge is -2.38. The average Bonchev–Trinajstić information content (AvgIpc) is 2.28. The van der Waals surface area contributed by atoms with Gasteiger partial charge in [0, 0.05) is 18.6 Å². The van der Waals surface area contributed by atoms with Crippen molar-refractivity contribution in [1.82, 2.24) is 5.32 Å². The molecule has 16 heavy (non-hydrogen) atoms. The quantitative estimate of drug-likeness (QED) is 0.674. The van der Waals surface area contributed by atoms with Crippen LogP contribution in [0.1, 0.15) is 52.9 Å². The zero-order chi connectivity index (χ0) is 11.9. The van der Waals surface area contributed by atoms with Gasteiger partial charge in [-0.15, -0.1) is 0 Å². The lowest BCUT2D eigenvalue weighted by Crippen LogP contribution is -2.41. The number of hydrogen-bond acceptors (Lipinski definition) is 2. The molecule has 1 aliphatic heterocycles. The van der Waals surface area contributed by atoms with Crippen molar-refractivity contribution in [3.05, 3.63) is 0 Å². The van der Waals surface area contributed by atoms with Gasteiger partial charge in [-0.2, -0.15) is 0 Å². The van der Waals surface area contributed by atoms with Gasteiger partial charge in [0.2, 0.25) is 0 Å². The molecule has 1 fully saturated rings. The Hall–Kier alpha value is -0.0800. The molecular weight excluding hydrogens is 198 g/mol. The monoisotopic (exact) mass is 227 g/mol. The molecule has 1 N–H and O–H groups in total. The molecule has 1 atom stereocenters. The van der Waals surface area contributed by atoms with Crippen molar-refractivity contribution in [1.29, 1.82) is 0 Å². The second-order valence-electron chi connectivity index (χ2n) is 5.77. The molecule has 1 aliphatic rings. The molecule has 1 unspecified atom stereocenters. The first-order valence-electron chi connectivity index (χ1n) is 6.97. The van der Waals surface area contributed by atoms with E-state index in [0.29, 0.717) is 5.41 Å². The van der Waals surface area contributed by atoms with Crippen molar-refractivity contribution in [2.45, 2.75) is 52.9 Å². The minimum absolute atomic E-state index is 0.428. The van der Waals surface area contributed by atoms with Crippen molar-refractivity contribution in [3.8, 4) is 0 Å². The fourth-order valence-electron chi connectivity index (χ4n) is 2.46. The summed E-state index contributed by atoms with van der Waals surface area (Å²) in [6.45, 7) is 11.1. The molecular formula is C14H29NO. The normalized spacial score (nSPS) is 26.2. The third kappa shape index (κ3) is 4.84. The van der Waals surface area contributed by atoms with E-state index in [1.54, 1.807) is 0 Å². The van der Waals surface area contributed by atoms with Crippen LogP contribution in [0.3, 0.4) is 0 Å². The maximum atomic E-state index is 5.71. The first-order chi connectivity index (χ1) is 7.68. The highest BCUT2D eigenvalue weighted by molar-refractivity contribution is 4.84. The Bertz CT molecular complexity index is 174. The van der Waals surface area contributed by atoms with Gasteiger partial charge in [0.25, 0.3) is 0 Å². The molecule has 0 aromatic heterocycles. The van der Waals surface area contributed by atoms with E-state index in [9.17, 15) is 0 Å². The first kappa shape index (κ1) is 14.0. The molecule has 0 amide bonds. The summed E-state index contributed by atoms with van der Waals surface area (Å²) in [7, 11) is 0. The molecule has 0 bridgehead atoms. The highest BCUT2D eigenvalue weighted by Gasteiger charge is 2.32. The van der Waals surface area contributed by atoms with Crippen LogP contribution in [0.5, 0.6) is 0 Å². The van der Waals surface area contributed by atoms with Crippen LogP contribution >= 0.6 is 0 Å². The fourth-order valence-corrected chi connectivity index (χ4v) is 2.46. The van der Waals surface area contributed by atoms with Crippen molar-refractivity contribution in [2.75, 3.05) is 26.3 Å². The molecule has 96 valence electrons. The zero-order valence-corrected chi connectivity index (χ0v) is 11.3. The van der Waals surface area contributed by atoms with Gasteiger partial charge in [0.1, 0.15) is 0 Å². The smallest absolute Gasteiger partial charge is 0.0534 e. The van der Waals surface area contributed by atoms with Gasteiger partial charge in [-0.1, -0.05) is 27.2 Å². The summed E-state index contributed by atoms with van der Waals surface area (Å²) in [4.78, 5) is 0. The maximum absolute atomic E-state index is 5.71. The van der Waals surface area contributed by atoms with Crippen LogP contribution in [0, 0.1) is 11.3 Å². The molecule has 1 saturated heterocycles. The minimum atomic E-state index is 0.428. The predicted molar refractivity (Wildman–Crippen MR) is 69.7 cm³/mol. The van der Waals surface area contributed by atoms with Gasteiger partial charge >= 0.3 is 0 Å². The molecule has 1 heterocycles. The summed E-state index contributed by atoms with van der Waals surface area (Å²) >= 11 is 0. The topological polar surface area (TPSA) is 21.3 Å². The SMILES string of the molecule is CCCNCC1(CCC(C)C)CCCOC1. The third-order valence-electron chi connectivity index (χ3n) is 3.58. The number of nitrogens with one attached hydrogen (secondary N) is 1. The Balaban J connectivity index is 2.39. The van der Waals surface area contributed by atoms with Crippen LogP contribution in [0.2, 0.25) is 0 Å². The van der Waals surface area contributed by atoms with E-state index >= 15 is 0 Å². The van der Waals surface area contributed by atoms with E-state index in [0.717, 1.165) is 32.2 Å². The second-order valence-corrected chi connectivity index (χ2v) is 5.77. The maximum Gasteiger partial charge on any atom is 0.0534 e. The number of rotatable bonds is 7. The van der Waals surface area contributed by atoms with E-state index in [-0.39, 0.29) is 0 Å². The van der Waals surface area contributed by atoms with E-state index in [1.807, 2.05) is 0 Å². The highest BCUT2D eigenvalue weighted by atomic mass is 16.5. The third-order valence-corrected chi connectivity index (χ3v) is 3.58. The molecule has 1 rings (SSSR count). The van der Waals surface area contributed by atoms with Crippen LogP contribution < -0.4 is 5.32 Å². The lowest BCUT2D eigenvalue weighted by atomic mass is 9.77. The van der Waals surface area contributed by atoms with Gasteiger partial charge in [0.05, 0.1) is 6.61 Å². The standard InChI is InChI=1S/C14H29NO/c1-4-9-15-11-14(8-6-13(2)3)7-5-10-16-12-14/h13,15H,4-12H2,1-3H3. The summed E-state index contributed by atoms with van der Waals surface area (Å²) in [6.07, 6.45) is 6.46. The molecule has 0 aromatic rings. The van der Waals surface area contributed by atoms with Gasteiger partial charge in [-0.25, -0.2) is 0 Å². The molecule has 2 nitrogen and oxygen atoms in total. The summed E-state index contributed by atoms with van der Waals surface area (Å²) in [5.41, 5.74) is 0.428. The second kappa shape index (κ2) is 7.29. The molecule has 0 spiro atoms. The molecule has 0 aromatic carbocycles. The van der Waals surface area contributed by atoms with E-state index in [1.165, 1.54) is 32.1 Å². The van der Waals surface area contributed by atoms with Crippen LogP contribution in [-0.2, 0) is 4.74 Å². The molecule has 2 heteroatoms. The van der Waals surface area contributed by atoms with E-state index in [4.69, 9.17) is 4.74 Å². The number of hydrogen-bond donors (Lipinski definition) is 1. The summed E-state index contributed by atoms with van der Waals surface area (Å²) in [6, 6.07) is 0. The Morgan fingerprint density at radius 3 is 2.75 bits per heavy atom. The van der Waals surface area contributed by atoms with Crippen LogP contribution in [0.15, 0.2) is 0 Å². The van der Waals surface area contributed by atoms with Crippen molar-refractivity contribution >= 4 is 0 Å². The van der Waals surface area contributed by atoms with E-state index < -0.39 is 0 Å². The zero-order valence-electron chi connectivity index (χ0n) is 11.3. The molecule has 0 aliphatic carbocycles. The van der Waals surface area contributed by atoms with Crippen LogP contribution in [-0.4, -0.2) is 26.3 Å². The Morgan fingerprint density at radius 2 is 2.19 bits per heavy atom.